The molecule has 1 aromatic carbocycles. The first kappa shape index (κ1) is 15.8. The van der Waals surface area contributed by atoms with Gasteiger partial charge in [0.05, 0.1) is 4.92 Å². The van der Waals surface area contributed by atoms with Crippen LogP contribution in [-0.4, -0.2) is 27.7 Å². The molecule has 2 atom stereocenters. The van der Waals surface area contributed by atoms with Gasteiger partial charge in [0.25, 0.3) is 5.69 Å². The summed E-state index contributed by atoms with van der Waals surface area (Å²) in [6.07, 6.45) is 3.39. The van der Waals surface area contributed by atoms with Crippen molar-refractivity contribution >= 4 is 16.5 Å². The molecule has 0 bridgehead atoms. The summed E-state index contributed by atoms with van der Waals surface area (Å²) in [4.78, 5) is 10.4. The van der Waals surface area contributed by atoms with Crippen molar-refractivity contribution in [3.8, 4) is 0 Å². The van der Waals surface area contributed by atoms with Crippen LogP contribution in [0.25, 0.3) is 0 Å². The Labute approximate surface area is 116 Å². The van der Waals surface area contributed by atoms with Gasteiger partial charge in [-0.1, -0.05) is 19.1 Å². The zero-order valence-corrected chi connectivity index (χ0v) is 12.1. The Morgan fingerprint density at radius 2 is 2.21 bits per heavy atom. The highest BCUT2D eigenvalue weighted by atomic mass is 32.2. The fourth-order valence-electron chi connectivity index (χ4n) is 1.90. The Hall–Kier alpha value is -1.27. The van der Waals surface area contributed by atoms with E-state index in [1.54, 1.807) is 18.4 Å². The molecule has 6 heteroatoms. The van der Waals surface area contributed by atoms with Gasteiger partial charge in [-0.25, -0.2) is 0 Å². The lowest BCUT2D eigenvalue weighted by atomic mass is 10.0. The third-order valence-electron chi connectivity index (χ3n) is 2.89. The van der Waals surface area contributed by atoms with Crippen LogP contribution in [0.3, 0.4) is 0 Å². The lowest BCUT2D eigenvalue weighted by Gasteiger charge is -2.17. The molecule has 106 valence electrons. The predicted molar refractivity (Wildman–Crippen MR) is 77.7 cm³/mol. The lowest BCUT2D eigenvalue weighted by molar-refractivity contribution is -0.384. The smallest absolute Gasteiger partial charge is 0.269 e. The topological polar surface area (TPSA) is 72.2 Å². The molecular formula is C13H20N2O3S. The molecule has 0 spiro atoms. The molecule has 0 aromatic heterocycles. The minimum Gasteiger partial charge on any atom is -0.310 e. The molecule has 19 heavy (non-hydrogen) atoms. The minimum atomic E-state index is -0.766. The van der Waals surface area contributed by atoms with E-state index in [-0.39, 0.29) is 16.7 Å². The molecule has 0 fully saturated rings. The quantitative estimate of drug-likeness (QED) is 0.452. The van der Waals surface area contributed by atoms with Crippen LogP contribution in [0, 0.1) is 10.1 Å². The highest BCUT2D eigenvalue weighted by Crippen LogP contribution is 2.21. The largest absolute Gasteiger partial charge is 0.310 e. The van der Waals surface area contributed by atoms with Crippen molar-refractivity contribution in [3.05, 3.63) is 39.9 Å². The van der Waals surface area contributed by atoms with Gasteiger partial charge < -0.3 is 5.32 Å². The number of hydrogen-bond donors (Lipinski definition) is 1. The number of nitro groups is 1. The predicted octanol–water partition coefficient (Wildman–Crippen LogP) is 2.40. The SMILES string of the molecule is CCC(NCCCS(C)=O)c1cccc([N+](=O)[O-])c1. The van der Waals surface area contributed by atoms with E-state index in [4.69, 9.17) is 0 Å². The lowest BCUT2D eigenvalue weighted by Crippen LogP contribution is -2.23. The van der Waals surface area contributed by atoms with E-state index in [1.807, 2.05) is 13.0 Å². The summed E-state index contributed by atoms with van der Waals surface area (Å²) in [7, 11) is -0.766. The van der Waals surface area contributed by atoms with Gasteiger partial charge in [-0.3, -0.25) is 14.3 Å². The second kappa shape index (κ2) is 8.01. The van der Waals surface area contributed by atoms with Crippen molar-refractivity contribution < 1.29 is 9.13 Å². The third kappa shape index (κ3) is 5.48. The second-order valence-electron chi connectivity index (χ2n) is 4.40. The maximum absolute atomic E-state index is 11.0. The molecule has 0 heterocycles. The number of benzene rings is 1. The molecule has 0 saturated carbocycles. The van der Waals surface area contributed by atoms with E-state index in [0.717, 1.165) is 24.9 Å². The molecule has 0 aliphatic rings. The van der Waals surface area contributed by atoms with Crippen LogP contribution in [0.2, 0.25) is 0 Å². The van der Waals surface area contributed by atoms with Crippen molar-refractivity contribution in [2.45, 2.75) is 25.8 Å². The van der Waals surface area contributed by atoms with Gasteiger partial charge >= 0.3 is 0 Å². The molecule has 5 nitrogen and oxygen atoms in total. The highest BCUT2D eigenvalue weighted by Gasteiger charge is 2.12. The average Bonchev–Trinajstić information content (AvgIpc) is 2.38. The van der Waals surface area contributed by atoms with Gasteiger partial charge in [0.15, 0.2) is 0 Å². The van der Waals surface area contributed by atoms with Gasteiger partial charge in [0.2, 0.25) is 0 Å². The van der Waals surface area contributed by atoms with Gasteiger partial charge in [-0.2, -0.15) is 0 Å². The summed E-state index contributed by atoms with van der Waals surface area (Å²) in [5, 5.41) is 14.1. The van der Waals surface area contributed by atoms with Gasteiger partial charge in [0, 0.05) is 41.0 Å². The van der Waals surface area contributed by atoms with E-state index in [9.17, 15) is 14.3 Å². The van der Waals surface area contributed by atoms with Crippen molar-refractivity contribution in [2.75, 3.05) is 18.6 Å². The highest BCUT2D eigenvalue weighted by molar-refractivity contribution is 7.84. The number of non-ortho nitro benzene ring substituents is 1. The zero-order chi connectivity index (χ0) is 14.3. The van der Waals surface area contributed by atoms with Crippen LogP contribution in [0.4, 0.5) is 5.69 Å². The van der Waals surface area contributed by atoms with E-state index in [1.165, 1.54) is 6.07 Å². The summed E-state index contributed by atoms with van der Waals surface area (Å²) in [6.45, 7) is 2.80. The molecule has 1 aromatic rings. The maximum Gasteiger partial charge on any atom is 0.269 e. The van der Waals surface area contributed by atoms with Crippen molar-refractivity contribution in [3.63, 3.8) is 0 Å². The first-order valence-electron chi connectivity index (χ1n) is 6.32. The first-order chi connectivity index (χ1) is 9.04. The van der Waals surface area contributed by atoms with Crippen LogP contribution in [0.1, 0.15) is 31.4 Å². The molecule has 2 unspecified atom stereocenters. The van der Waals surface area contributed by atoms with E-state index in [2.05, 4.69) is 5.32 Å². The Morgan fingerprint density at radius 3 is 2.79 bits per heavy atom. The summed E-state index contributed by atoms with van der Waals surface area (Å²) >= 11 is 0. The number of hydrogen-bond acceptors (Lipinski definition) is 4. The minimum absolute atomic E-state index is 0.102. The first-order valence-corrected chi connectivity index (χ1v) is 8.05. The van der Waals surface area contributed by atoms with Gasteiger partial charge in [-0.05, 0) is 24.9 Å². The molecule has 1 N–H and O–H groups in total. The van der Waals surface area contributed by atoms with Gasteiger partial charge in [0.1, 0.15) is 0 Å². The monoisotopic (exact) mass is 284 g/mol. The molecule has 0 saturated heterocycles. The summed E-state index contributed by atoms with van der Waals surface area (Å²) < 4.78 is 11.0. The molecule has 0 amide bonds. The summed E-state index contributed by atoms with van der Waals surface area (Å²) in [5.41, 5.74) is 1.04. The van der Waals surface area contributed by atoms with Crippen LogP contribution < -0.4 is 5.32 Å². The van der Waals surface area contributed by atoms with Crippen molar-refractivity contribution in [2.24, 2.45) is 0 Å². The van der Waals surface area contributed by atoms with Crippen LogP contribution in [0.5, 0.6) is 0 Å². The number of nitrogens with zero attached hydrogens (tertiary/aromatic N) is 1. The van der Waals surface area contributed by atoms with Gasteiger partial charge in [-0.15, -0.1) is 0 Å². The fraction of sp³-hybridized carbons (Fsp3) is 0.538. The summed E-state index contributed by atoms with van der Waals surface area (Å²) in [5.74, 6) is 0.679. The maximum atomic E-state index is 11.0. The van der Waals surface area contributed by atoms with Crippen LogP contribution in [0.15, 0.2) is 24.3 Å². The molecule has 0 aliphatic heterocycles. The van der Waals surface area contributed by atoms with Crippen LogP contribution in [-0.2, 0) is 10.8 Å². The molecule has 0 aliphatic carbocycles. The molecule has 0 radical (unpaired) electrons. The Morgan fingerprint density at radius 1 is 1.47 bits per heavy atom. The molecular weight excluding hydrogens is 264 g/mol. The second-order valence-corrected chi connectivity index (χ2v) is 5.95. The van der Waals surface area contributed by atoms with Crippen molar-refractivity contribution in [1.82, 2.24) is 5.32 Å². The Balaban J connectivity index is 2.61. The van der Waals surface area contributed by atoms with E-state index >= 15 is 0 Å². The Bertz CT molecular complexity index is 451. The van der Waals surface area contributed by atoms with Crippen molar-refractivity contribution in [1.29, 1.82) is 0 Å². The van der Waals surface area contributed by atoms with E-state index < -0.39 is 10.8 Å². The third-order valence-corrected chi connectivity index (χ3v) is 3.75. The fourth-order valence-corrected chi connectivity index (χ4v) is 2.46. The number of rotatable bonds is 8. The number of nitrogens with one attached hydrogen (secondary N) is 1. The Kier molecular flexibility index (Phi) is 6.66. The zero-order valence-electron chi connectivity index (χ0n) is 11.3. The normalized spacial score (nSPS) is 14.0. The van der Waals surface area contributed by atoms with Crippen LogP contribution >= 0.6 is 0 Å². The standard InChI is InChI=1S/C13H20N2O3S/c1-3-13(14-8-5-9-19(2)18)11-6-4-7-12(10-11)15(16)17/h4,6-7,10,13-14H,3,5,8-9H2,1-2H3. The molecule has 1 rings (SSSR count). The van der Waals surface area contributed by atoms with E-state index in [0.29, 0.717) is 5.75 Å². The number of nitro benzene ring substituents is 1. The summed E-state index contributed by atoms with van der Waals surface area (Å²) in [6, 6.07) is 6.81. The average molecular weight is 284 g/mol.